The van der Waals surface area contributed by atoms with Gasteiger partial charge in [0.15, 0.2) is 0 Å². The molecule has 0 aromatic heterocycles. The Hall–Kier alpha value is -1.52. The third-order valence-corrected chi connectivity index (χ3v) is 6.56. The van der Waals surface area contributed by atoms with Crippen molar-refractivity contribution in [3.8, 4) is 0 Å². The number of hydrogen-bond donors (Lipinski definition) is 1. The van der Waals surface area contributed by atoms with Crippen LogP contribution in [0.5, 0.6) is 0 Å². The predicted molar refractivity (Wildman–Crippen MR) is 101 cm³/mol. The zero-order valence-electron chi connectivity index (χ0n) is 14.1. The molecular formula is C20H24N2OS. The van der Waals surface area contributed by atoms with Crippen LogP contribution in [0.4, 0.5) is 0 Å². The molecule has 3 nitrogen and oxygen atoms in total. The highest BCUT2D eigenvalue weighted by Crippen LogP contribution is 2.41. The summed E-state index contributed by atoms with van der Waals surface area (Å²) in [7, 11) is 0. The van der Waals surface area contributed by atoms with Gasteiger partial charge in [0.1, 0.15) is 5.37 Å². The number of hydrogen-bond acceptors (Lipinski definition) is 3. The molecular weight excluding hydrogens is 316 g/mol. The van der Waals surface area contributed by atoms with Crippen LogP contribution in [0, 0.1) is 0 Å². The number of rotatable bonds is 3. The molecule has 0 saturated carbocycles. The molecule has 3 atom stereocenters. The van der Waals surface area contributed by atoms with E-state index in [2.05, 4.69) is 59.6 Å². The lowest BCUT2D eigenvalue weighted by atomic mass is 9.97. The van der Waals surface area contributed by atoms with Crippen molar-refractivity contribution in [1.82, 2.24) is 10.2 Å². The number of nitrogens with one attached hydrogen (secondary N) is 1. The molecule has 2 saturated heterocycles. The average molecular weight is 340 g/mol. The molecule has 0 radical (unpaired) electrons. The number of carbonyl (C=O) groups is 1. The van der Waals surface area contributed by atoms with Gasteiger partial charge in [-0.15, -0.1) is 11.8 Å². The van der Waals surface area contributed by atoms with Gasteiger partial charge >= 0.3 is 0 Å². The van der Waals surface area contributed by atoms with Gasteiger partial charge in [0.05, 0.1) is 5.75 Å². The third-order valence-electron chi connectivity index (χ3n) is 5.33. The Bertz CT molecular complexity index is 741. The van der Waals surface area contributed by atoms with E-state index in [0.717, 1.165) is 6.54 Å². The summed E-state index contributed by atoms with van der Waals surface area (Å²) >= 11 is 1.76. The normalized spacial score (nSPS) is 26.0. The van der Waals surface area contributed by atoms with Crippen LogP contribution < -0.4 is 5.32 Å². The van der Waals surface area contributed by atoms with Crippen LogP contribution in [0.1, 0.15) is 37.1 Å². The second-order valence-corrected chi connectivity index (χ2v) is 7.94. The molecule has 1 amide bonds. The molecule has 0 aliphatic carbocycles. The summed E-state index contributed by atoms with van der Waals surface area (Å²) in [5.41, 5.74) is 1.24. The highest BCUT2D eigenvalue weighted by Gasteiger charge is 2.39. The number of carbonyl (C=O) groups excluding carboxylic acids is 1. The molecule has 2 fully saturated rings. The van der Waals surface area contributed by atoms with Crippen molar-refractivity contribution in [2.24, 2.45) is 0 Å². The van der Waals surface area contributed by atoms with E-state index in [9.17, 15) is 4.79 Å². The Balaban J connectivity index is 1.63. The van der Waals surface area contributed by atoms with Crippen LogP contribution in [-0.2, 0) is 4.79 Å². The fraction of sp³-hybridized carbons (Fsp3) is 0.450. The maximum absolute atomic E-state index is 12.6. The Morgan fingerprint density at radius 1 is 1.17 bits per heavy atom. The Morgan fingerprint density at radius 2 is 2.00 bits per heavy atom. The van der Waals surface area contributed by atoms with Crippen LogP contribution in [0.3, 0.4) is 0 Å². The highest BCUT2D eigenvalue weighted by atomic mass is 32.2. The molecule has 24 heavy (non-hydrogen) atoms. The lowest BCUT2D eigenvalue weighted by Crippen LogP contribution is -2.51. The Morgan fingerprint density at radius 3 is 2.79 bits per heavy atom. The largest absolute Gasteiger partial charge is 0.322 e. The predicted octanol–water partition coefficient (Wildman–Crippen LogP) is 3.94. The van der Waals surface area contributed by atoms with Crippen LogP contribution in [0.15, 0.2) is 42.5 Å². The summed E-state index contributed by atoms with van der Waals surface area (Å²) < 4.78 is 0. The van der Waals surface area contributed by atoms with E-state index < -0.39 is 0 Å². The molecule has 2 aromatic rings. The van der Waals surface area contributed by atoms with E-state index in [0.29, 0.717) is 11.8 Å². The van der Waals surface area contributed by atoms with E-state index >= 15 is 0 Å². The summed E-state index contributed by atoms with van der Waals surface area (Å²) in [6, 6.07) is 15.7. The quantitative estimate of drug-likeness (QED) is 0.918. The van der Waals surface area contributed by atoms with E-state index in [-0.39, 0.29) is 17.3 Å². The molecule has 126 valence electrons. The second-order valence-electron chi connectivity index (χ2n) is 6.87. The first-order valence-corrected chi connectivity index (χ1v) is 9.94. The maximum Gasteiger partial charge on any atom is 0.234 e. The van der Waals surface area contributed by atoms with Gasteiger partial charge in [-0.25, -0.2) is 0 Å². The van der Waals surface area contributed by atoms with Crippen LogP contribution in [0.2, 0.25) is 0 Å². The molecule has 4 heteroatoms. The molecule has 0 spiro atoms. The van der Waals surface area contributed by atoms with Gasteiger partial charge in [-0.3, -0.25) is 4.79 Å². The fourth-order valence-corrected chi connectivity index (χ4v) is 5.24. The van der Waals surface area contributed by atoms with Gasteiger partial charge in [-0.05, 0) is 48.7 Å². The van der Waals surface area contributed by atoms with E-state index in [4.69, 9.17) is 0 Å². The number of piperidine rings is 1. The molecule has 0 bridgehead atoms. The standard InChI is InChI=1S/C20H24N2OS/c1-14(18-8-4-5-11-21-18)22-19(23)13-24-20(22)17-10-9-15-6-2-3-7-16(15)12-17/h2-3,6-7,9-10,12,14,18,20-21H,4-5,8,11,13H2,1H3. The van der Waals surface area contributed by atoms with Crippen molar-refractivity contribution in [3.05, 3.63) is 48.0 Å². The number of thioether (sulfide) groups is 1. The Labute approximate surface area is 147 Å². The van der Waals surface area contributed by atoms with Crippen molar-refractivity contribution in [2.75, 3.05) is 12.3 Å². The molecule has 1 N–H and O–H groups in total. The minimum atomic E-state index is 0.140. The molecule has 4 rings (SSSR count). The zero-order valence-corrected chi connectivity index (χ0v) is 14.9. The fourth-order valence-electron chi connectivity index (χ4n) is 3.98. The minimum absolute atomic E-state index is 0.140. The van der Waals surface area contributed by atoms with Gasteiger partial charge in [-0.2, -0.15) is 0 Å². The van der Waals surface area contributed by atoms with Gasteiger partial charge in [0.2, 0.25) is 5.91 Å². The third kappa shape index (κ3) is 2.93. The minimum Gasteiger partial charge on any atom is -0.322 e. The highest BCUT2D eigenvalue weighted by molar-refractivity contribution is 8.00. The van der Waals surface area contributed by atoms with Gasteiger partial charge in [-0.1, -0.05) is 42.8 Å². The monoisotopic (exact) mass is 340 g/mol. The molecule has 3 unspecified atom stereocenters. The molecule has 2 aromatic carbocycles. The van der Waals surface area contributed by atoms with E-state index in [1.54, 1.807) is 11.8 Å². The average Bonchev–Trinajstić information content (AvgIpc) is 3.03. The Kier molecular flexibility index (Phi) is 4.51. The summed E-state index contributed by atoms with van der Waals surface area (Å²) in [5.74, 6) is 0.868. The van der Waals surface area contributed by atoms with E-state index in [1.165, 1.54) is 35.6 Å². The van der Waals surface area contributed by atoms with Crippen molar-refractivity contribution in [2.45, 2.75) is 43.6 Å². The summed E-state index contributed by atoms with van der Waals surface area (Å²) in [6.07, 6.45) is 3.68. The first-order chi connectivity index (χ1) is 11.7. The van der Waals surface area contributed by atoms with Crippen molar-refractivity contribution < 1.29 is 4.79 Å². The lowest BCUT2D eigenvalue weighted by molar-refractivity contribution is -0.130. The van der Waals surface area contributed by atoms with Crippen molar-refractivity contribution >= 4 is 28.4 Å². The number of fused-ring (bicyclic) bond motifs is 1. The first kappa shape index (κ1) is 16.0. The van der Waals surface area contributed by atoms with E-state index in [1.807, 2.05) is 0 Å². The van der Waals surface area contributed by atoms with Gasteiger partial charge in [0.25, 0.3) is 0 Å². The second kappa shape index (κ2) is 6.77. The number of nitrogens with zero attached hydrogens (tertiary/aromatic N) is 1. The van der Waals surface area contributed by atoms with Crippen LogP contribution >= 0.6 is 11.8 Å². The summed E-state index contributed by atoms with van der Waals surface area (Å²) in [5, 5.41) is 6.26. The number of benzene rings is 2. The van der Waals surface area contributed by atoms with Gasteiger partial charge < -0.3 is 10.2 Å². The SMILES string of the molecule is CC(C1CCCCN1)N1C(=O)CSC1c1ccc2ccccc2c1. The van der Waals surface area contributed by atoms with Crippen molar-refractivity contribution in [3.63, 3.8) is 0 Å². The molecule has 2 aliphatic rings. The van der Waals surface area contributed by atoms with Gasteiger partial charge in [0, 0.05) is 12.1 Å². The van der Waals surface area contributed by atoms with Crippen molar-refractivity contribution in [1.29, 1.82) is 0 Å². The lowest BCUT2D eigenvalue weighted by Gasteiger charge is -2.38. The first-order valence-electron chi connectivity index (χ1n) is 8.89. The topological polar surface area (TPSA) is 32.3 Å². The summed E-state index contributed by atoms with van der Waals surface area (Å²) in [6.45, 7) is 3.28. The zero-order chi connectivity index (χ0) is 16.5. The smallest absolute Gasteiger partial charge is 0.234 e. The molecule has 2 heterocycles. The maximum atomic E-state index is 12.6. The number of amides is 1. The van der Waals surface area contributed by atoms with Crippen LogP contribution in [-0.4, -0.2) is 35.2 Å². The molecule has 2 aliphatic heterocycles. The summed E-state index contributed by atoms with van der Waals surface area (Å²) in [4.78, 5) is 14.7. The van der Waals surface area contributed by atoms with Crippen LogP contribution in [0.25, 0.3) is 10.8 Å².